The third-order valence-electron chi connectivity index (χ3n) is 6.57. The maximum absolute atomic E-state index is 13.8. The van der Waals surface area contributed by atoms with Crippen molar-refractivity contribution in [1.29, 1.82) is 0 Å². The van der Waals surface area contributed by atoms with Crippen LogP contribution in [0.15, 0.2) is 77.2 Å². The number of imide groups is 1. The lowest BCUT2D eigenvalue weighted by atomic mass is 10.1. The number of ether oxygens (including phenoxy) is 1. The first-order valence-electron chi connectivity index (χ1n) is 12.2. The van der Waals surface area contributed by atoms with Crippen molar-refractivity contribution >= 4 is 18.0 Å². The SMILES string of the molecule is COc1ccccc1-c1[nH]n(-c2ccc(C)cc2C)c(=O)c1/C=C1\NC(=O)N(Cc2cccc(C)c2)C1=O. The van der Waals surface area contributed by atoms with E-state index in [1.807, 2.05) is 81.4 Å². The van der Waals surface area contributed by atoms with E-state index in [0.717, 1.165) is 27.2 Å². The highest BCUT2D eigenvalue weighted by Gasteiger charge is 2.34. The standard InChI is InChI=1S/C30H28N4O4/c1-18-8-7-9-21(15-18)17-33-29(36)24(31-30(33)37)16-23-27(22-10-5-6-11-26(22)38-4)32-34(28(23)35)25-13-12-19(2)14-20(25)3/h5-16,32H,17H2,1-4H3,(H,31,37)/b24-16-. The second kappa shape index (κ2) is 9.89. The number of hydrogen-bond donors (Lipinski definition) is 2. The minimum absolute atomic E-state index is 0.0303. The number of aromatic amines is 1. The predicted molar refractivity (Wildman–Crippen MR) is 146 cm³/mol. The van der Waals surface area contributed by atoms with E-state index in [1.54, 1.807) is 13.2 Å². The summed E-state index contributed by atoms with van der Waals surface area (Å²) in [5.41, 5.74) is 5.57. The summed E-state index contributed by atoms with van der Waals surface area (Å²) in [5.74, 6) is 0.0604. The second-order valence-corrected chi connectivity index (χ2v) is 9.40. The molecule has 1 aromatic heterocycles. The maximum atomic E-state index is 13.8. The number of rotatable bonds is 6. The first-order valence-corrected chi connectivity index (χ1v) is 12.2. The van der Waals surface area contributed by atoms with Gasteiger partial charge in [0.25, 0.3) is 11.5 Å². The Hall–Kier alpha value is -4.85. The molecule has 3 aromatic carbocycles. The minimum Gasteiger partial charge on any atom is -0.496 e. The van der Waals surface area contributed by atoms with E-state index in [4.69, 9.17) is 4.74 Å². The molecule has 0 bridgehead atoms. The summed E-state index contributed by atoms with van der Waals surface area (Å²) in [6.45, 7) is 6.00. The van der Waals surface area contributed by atoms with Crippen molar-refractivity contribution in [3.05, 3.63) is 111 Å². The maximum Gasteiger partial charge on any atom is 0.329 e. The highest BCUT2D eigenvalue weighted by atomic mass is 16.5. The monoisotopic (exact) mass is 508 g/mol. The number of hydrogen-bond acceptors (Lipinski definition) is 4. The number of para-hydroxylation sites is 1. The van der Waals surface area contributed by atoms with Gasteiger partial charge in [0.05, 0.1) is 30.6 Å². The smallest absolute Gasteiger partial charge is 0.329 e. The van der Waals surface area contributed by atoms with Crippen LogP contribution in [0.25, 0.3) is 23.0 Å². The number of urea groups is 1. The molecule has 2 heterocycles. The molecule has 8 nitrogen and oxygen atoms in total. The number of aromatic nitrogens is 2. The number of methoxy groups -OCH3 is 1. The van der Waals surface area contributed by atoms with E-state index in [9.17, 15) is 14.4 Å². The van der Waals surface area contributed by atoms with Crippen molar-refractivity contribution in [3.8, 4) is 22.7 Å². The van der Waals surface area contributed by atoms with Crippen molar-refractivity contribution in [1.82, 2.24) is 20.0 Å². The molecule has 4 aromatic rings. The van der Waals surface area contributed by atoms with Gasteiger partial charge in [-0.2, -0.15) is 0 Å². The fraction of sp³-hybridized carbons (Fsp3) is 0.167. The quantitative estimate of drug-likeness (QED) is 0.287. The molecule has 0 spiro atoms. The third-order valence-corrected chi connectivity index (χ3v) is 6.57. The van der Waals surface area contributed by atoms with Crippen LogP contribution in [-0.2, 0) is 11.3 Å². The largest absolute Gasteiger partial charge is 0.496 e. The van der Waals surface area contributed by atoms with E-state index in [-0.39, 0.29) is 23.4 Å². The Morgan fingerprint density at radius 1 is 0.895 bits per heavy atom. The van der Waals surface area contributed by atoms with Gasteiger partial charge in [0.15, 0.2) is 0 Å². The fourth-order valence-corrected chi connectivity index (χ4v) is 4.72. The Kier molecular flexibility index (Phi) is 6.46. The van der Waals surface area contributed by atoms with Gasteiger partial charge in [0.2, 0.25) is 0 Å². The van der Waals surface area contributed by atoms with Crippen LogP contribution in [-0.4, -0.2) is 33.7 Å². The Morgan fingerprint density at radius 2 is 1.66 bits per heavy atom. The Bertz CT molecular complexity index is 1660. The van der Waals surface area contributed by atoms with Crippen LogP contribution in [0.2, 0.25) is 0 Å². The van der Waals surface area contributed by atoms with Gasteiger partial charge in [-0.25, -0.2) is 9.48 Å². The first kappa shape index (κ1) is 24.8. The molecule has 1 fully saturated rings. The van der Waals surface area contributed by atoms with Crippen molar-refractivity contribution in [2.75, 3.05) is 7.11 Å². The van der Waals surface area contributed by atoms with Gasteiger partial charge in [-0.1, -0.05) is 59.7 Å². The summed E-state index contributed by atoms with van der Waals surface area (Å²) in [4.78, 5) is 41.0. The molecule has 0 aliphatic carbocycles. The summed E-state index contributed by atoms with van der Waals surface area (Å²) < 4.78 is 7.01. The van der Waals surface area contributed by atoms with Gasteiger partial charge in [-0.15, -0.1) is 0 Å². The highest BCUT2D eigenvalue weighted by Crippen LogP contribution is 2.32. The lowest BCUT2D eigenvalue weighted by Gasteiger charge is -2.12. The Labute approximate surface area is 220 Å². The molecular formula is C30H28N4O4. The van der Waals surface area contributed by atoms with Gasteiger partial charge in [0, 0.05) is 5.56 Å². The van der Waals surface area contributed by atoms with Gasteiger partial charge < -0.3 is 10.1 Å². The number of amides is 3. The van der Waals surface area contributed by atoms with Crippen molar-refractivity contribution < 1.29 is 14.3 Å². The molecule has 1 aliphatic heterocycles. The summed E-state index contributed by atoms with van der Waals surface area (Å²) >= 11 is 0. The normalized spacial score (nSPS) is 14.3. The summed E-state index contributed by atoms with van der Waals surface area (Å²) in [5, 5.41) is 5.86. The molecule has 0 saturated carbocycles. The van der Waals surface area contributed by atoms with Crippen molar-refractivity contribution in [2.45, 2.75) is 27.3 Å². The van der Waals surface area contributed by atoms with E-state index in [1.165, 1.54) is 10.8 Å². The van der Waals surface area contributed by atoms with Crippen molar-refractivity contribution in [3.63, 3.8) is 0 Å². The molecule has 0 unspecified atom stereocenters. The Balaban J connectivity index is 1.62. The van der Waals surface area contributed by atoms with E-state index in [2.05, 4.69) is 10.4 Å². The summed E-state index contributed by atoms with van der Waals surface area (Å²) in [6.07, 6.45) is 1.44. The molecule has 1 saturated heterocycles. The van der Waals surface area contributed by atoms with Gasteiger partial charge in [-0.05, 0) is 56.2 Å². The number of aryl methyl sites for hydroxylation is 3. The van der Waals surface area contributed by atoms with E-state index < -0.39 is 11.9 Å². The molecule has 0 radical (unpaired) electrons. The van der Waals surface area contributed by atoms with Crippen LogP contribution in [0.4, 0.5) is 4.79 Å². The molecule has 5 rings (SSSR count). The molecule has 0 atom stereocenters. The number of H-pyrrole nitrogens is 1. The van der Waals surface area contributed by atoms with Crippen LogP contribution in [0, 0.1) is 20.8 Å². The lowest BCUT2D eigenvalue weighted by molar-refractivity contribution is -0.123. The zero-order valence-corrected chi connectivity index (χ0v) is 21.7. The van der Waals surface area contributed by atoms with E-state index >= 15 is 0 Å². The summed E-state index contributed by atoms with van der Waals surface area (Å²) in [7, 11) is 1.56. The molecular weight excluding hydrogens is 480 g/mol. The molecule has 192 valence electrons. The average molecular weight is 509 g/mol. The Morgan fingerprint density at radius 3 is 2.39 bits per heavy atom. The van der Waals surface area contributed by atoms with Crippen LogP contribution in [0.1, 0.15) is 27.8 Å². The number of carbonyl (C=O) groups is 2. The lowest BCUT2D eigenvalue weighted by Crippen LogP contribution is -2.30. The second-order valence-electron chi connectivity index (χ2n) is 9.40. The molecule has 1 aliphatic rings. The zero-order chi connectivity index (χ0) is 27.0. The predicted octanol–water partition coefficient (Wildman–Crippen LogP) is 4.86. The summed E-state index contributed by atoms with van der Waals surface area (Å²) in [6, 6.07) is 20.2. The van der Waals surface area contributed by atoms with Gasteiger partial charge in [0.1, 0.15) is 11.4 Å². The number of carbonyl (C=O) groups excluding carboxylic acids is 2. The topological polar surface area (TPSA) is 96.4 Å². The average Bonchev–Trinajstić information content (AvgIpc) is 3.35. The molecule has 2 N–H and O–H groups in total. The van der Waals surface area contributed by atoms with Crippen LogP contribution in [0.3, 0.4) is 0 Å². The first-order chi connectivity index (χ1) is 18.3. The van der Waals surface area contributed by atoms with E-state index in [0.29, 0.717) is 22.7 Å². The van der Waals surface area contributed by atoms with Crippen LogP contribution < -0.4 is 15.6 Å². The fourth-order valence-electron chi connectivity index (χ4n) is 4.72. The molecule has 38 heavy (non-hydrogen) atoms. The van der Waals surface area contributed by atoms with Gasteiger partial charge >= 0.3 is 6.03 Å². The van der Waals surface area contributed by atoms with Crippen molar-refractivity contribution in [2.24, 2.45) is 0 Å². The highest BCUT2D eigenvalue weighted by molar-refractivity contribution is 6.14. The molecule has 8 heteroatoms. The number of benzene rings is 3. The van der Waals surface area contributed by atoms with Gasteiger partial charge in [-0.3, -0.25) is 19.6 Å². The molecule has 3 amide bonds. The van der Waals surface area contributed by atoms with Crippen LogP contribution >= 0.6 is 0 Å². The third kappa shape index (κ3) is 4.52. The minimum atomic E-state index is -0.535. The number of nitrogens with zero attached hydrogens (tertiary/aromatic N) is 2. The zero-order valence-electron chi connectivity index (χ0n) is 21.7. The van der Waals surface area contributed by atoms with Crippen LogP contribution in [0.5, 0.6) is 5.75 Å². The number of nitrogens with one attached hydrogen (secondary N) is 2.